The number of hydrogen-bond donors (Lipinski definition) is 0. The second-order valence-electron chi connectivity index (χ2n) is 27.4. The minimum Gasteiger partial charge on any atom is -0.379 e. The molecule has 8 rings (SSSR count). The summed E-state index contributed by atoms with van der Waals surface area (Å²) < 4.78 is 20.7. The van der Waals surface area contributed by atoms with Gasteiger partial charge in [-0.25, -0.2) is 0 Å². The Balaban J connectivity index is 0.702. The molecule has 0 aliphatic heterocycles. The zero-order chi connectivity index (χ0) is 47.7. The number of alkyl halides is 2. The number of allylic oxidation sites excluding steroid dienone is 2. The summed E-state index contributed by atoms with van der Waals surface area (Å²) in [5.41, 5.74) is 5.50. The van der Waals surface area contributed by atoms with E-state index in [9.17, 15) is 0 Å². The molecule has 0 heterocycles. The van der Waals surface area contributed by atoms with E-state index < -0.39 is 0 Å². The summed E-state index contributed by atoms with van der Waals surface area (Å²) in [5, 5.41) is 0. The SMILES string of the molecule is CC(C)CCC[C@@H](C)[C@H]1CCC2C3CC=C4CC(OCCC(I)COCC(I)CCOC5CC[C@@]6(C)C(=CCC7C6CC[C@@]6(C)C7CC[C@@H]6[C@H](C)CCCC(C)C)C5)CC[C@]4(C)C3CC[C@@]21C. The standard InChI is InChI=1S/C62H104I2O3/c1-41(2)13-11-15-43(5)53-21-23-55-51-19-17-45-37-49(25-31-59(45,7)57(51)27-33-61(53,55)9)66-35-29-47(63)39-65-40-48(64)30-36-67-50-26-32-60(8)46(38-50)18-20-52-56-24-22-54(44(6)16-12-14-42(3)4)62(56,10)34-28-58(52)60/h17-18,41-44,47-58H,11-16,19-40H2,1-10H3/t43-,44-,47?,48?,49?,50?,51?,52?,53-,54-,55?,56?,57?,58?,59+,60+,61-,62-/m1/s1. The molecule has 10 unspecified atom stereocenters. The summed E-state index contributed by atoms with van der Waals surface area (Å²) in [6.45, 7) is 29.0. The van der Waals surface area contributed by atoms with Crippen LogP contribution >= 0.6 is 45.2 Å². The topological polar surface area (TPSA) is 27.7 Å². The molecule has 0 saturated heterocycles. The largest absolute Gasteiger partial charge is 0.379 e. The highest BCUT2D eigenvalue weighted by molar-refractivity contribution is 14.1. The van der Waals surface area contributed by atoms with Crippen LogP contribution in [0.4, 0.5) is 0 Å². The molecule has 0 amide bonds. The van der Waals surface area contributed by atoms with Crippen LogP contribution in [0.2, 0.25) is 0 Å². The first-order chi connectivity index (χ1) is 32.0. The molecule has 18 atom stereocenters. The molecule has 67 heavy (non-hydrogen) atoms. The average molecular weight is 1150 g/mol. The summed E-state index contributed by atoms with van der Waals surface area (Å²) in [4.78, 5) is 0. The van der Waals surface area contributed by atoms with Crippen LogP contribution < -0.4 is 0 Å². The van der Waals surface area contributed by atoms with Crippen LogP contribution in [0.15, 0.2) is 23.3 Å². The van der Waals surface area contributed by atoms with E-state index in [4.69, 9.17) is 14.2 Å². The zero-order valence-electron chi connectivity index (χ0n) is 45.2. The monoisotopic (exact) mass is 1150 g/mol. The molecule has 3 nitrogen and oxygen atoms in total. The molecule has 0 bridgehead atoms. The van der Waals surface area contributed by atoms with Crippen LogP contribution in [0.3, 0.4) is 0 Å². The molecule has 5 heteroatoms. The number of ether oxygens (including phenoxy) is 3. The van der Waals surface area contributed by atoms with Crippen LogP contribution in [0, 0.1) is 92.7 Å². The molecule has 0 aromatic carbocycles. The van der Waals surface area contributed by atoms with Crippen LogP contribution in [0.5, 0.6) is 0 Å². The van der Waals surface area contributed by atoms with Crippen molar-refractivity contribution in [3.8, 4) is 0 Å². The average Bonchev–Trinajstić information content (AvgIpc) is 3.83. The maximum Gasteiger partial charge on any atom is 0.0612 e. The van der Waals surface area contributed by atoms with E-state index in [2.05, 4.69) is 127 Å². The van der Waals surface area contributed by atoms with Crippen molar-refractivity contribution in [2.45, 2.75) is 243 Å². The Morgan fingerprint density at radius 3 is 1.33 bits per heavy atom. The third-order valence-corrected chi connectivity index (χ3v) is 24.7. The molecule has 6 fully saturated rings. The predicted molar refractivity (Wildman–Crippen MR) is 301 cm³/mol. The first-order valence-corrected chi connectivity index (χ1v) is 31.9. The Morgan fingerprint density at radius 1 is 0.507 bits per heavy atom. The third kappa shape index (κ3) is 11.7. The van der Waals surface area contributed by atoms with E-state index in [0.717, 1.165) is 110 Å². The number of halogens is 2. The Hall–Kier alpha value is 0.820. The highest BCUT2D eigenvalue weighted by Gasteiger charge is 2.61. The van der Waals surface area contributed by atoms with Gasteiger partial charge in [0, 0.05) is 21.1 Å². The van der Waals surface area contributed by atoms with Crippen molar-refractivity contribution in [1.82, 2.24) is 0 Å². The Kier molecular flexibility index (Phi) is 18.7. The van der Waals surface area contributed by atoms with Gasteiger partial charge in [0.2, 0.25) is 0 Å². The molecule has 8 aliphatic carbocycles. The fraction of sp³-hybridized carbons (Fsp3) is 0.935. The quantitative estimate of drug-likeness (QED) is 0.0614. The van der Waals surface area contributed by atoms with Crippen LogP contribution in [0.25, 0.3) is 0 Å². The summed E-state index contributed by atoms with van der Waals surface area (Å²) in [6, 6.07) is 0. The summed E-state index contributed by atoms with van der Waals surface area (Å²) in [5.74, 6) is 10.9. The highest BCUT2D eigenvalue weighted by atomic mass is 127. The van der Waals surface area contributed by atoms with Gasteiger partial charge in [-0.05, 0) is 208 Å². The van der Waals surface area contributed by atoms with E-state index in [0.29, 0.717) is 41.7 Å². The fourth-order valence-corrected chi connectivity index (χ4v) is 19.8. The first kappa shape index (κ1) is 54.1. The Morgan fingerprint density at radius 2 is 0.925 bits per heavy atom. The molecule has 8 aliphatic rings. The van der Waals surface area contributed by atoms with Gasteiger partial charge < -0.3 is 14.2 Å². The number of hydrogen-bond acceptors (Lipinski definition) is 3. The third-order valence-electron chi connectivity index (χ3n) is 22.7. The molecule has 0 radical (unpaired) electrons. The van der Waals surface area contributed by atoms with Gasteiger partial charge in [-0.2, -0.15) is 0 Å². The Bertz CT molecular complexity index is 1540. The van der Waals surface area contributed by atoms with E-state index in [1.54, 1.807) is 11.1 Å². The lowest BCUT2D eigenvalue weighted by atomic mass is 9.47. The smallest absolute Gasteiger partial charge is 0.0612 e. The molecule has 0 aromatic heterocycles. The van der Waals surface area contributed by atoms with E-state index in [-0.39, 0.29) is 0 Å². The normalized spacial score (nSPS) is 42.1. The predicted octanol–water partition coefficient (Wildman–Crippen LogP) is 18.2. The van der Waals surface area contributed by atoms with Gasteiger partial charge in [0.1, 0.15) is 0 Å². The van der Waals surface area contributed by atoms with Crippen molar-refractivity contribution in [3.05, 3.63) is 23.3 Å². The van der Waals surface area contributed by atoms with Gasteiger partial charge >= 0.3 is 0 Å². The van der Waals surface area contributed by atoms with E-state index >= 15 is 0 Å². The van der Waals surface area contributed by atoms with E-state index in [1.165, 1.54) is 141 Å². The van der Waals surface area contributed by atoms with Crippen molar-refractivity contribution in [3.63, 3.8) is 0 Å². The molecule has 0 aromatic rings. The zero-order valence-corrected chi connectivity index (χ0v) is 49.5. The summed E-state index contributed by atoms with van der Waals surface area (Å²) in [6.07, 6.45) is 39.1. The van der Waals surface area contributed by atoms with Gasteiger partial charge in [0.15, 0.2) is 0 Å². The first-order valence-electron chi connectivity index (χ1n) is 29.4. The maximum atomic E-state index is 6.68. The lowest BCUT2D eigenvalue weighted by Crippen LogP contribution is -2.51. The lowest BCUT2D eigenvalue weighted by Gasteiger charge is -2.58. The second-order valence-corrected chi connectivity index (χ2v) is 30.9. The molecule has 0 spiro atoms. The minimum atomic E-state index is 0.404. The van der Waals surface area contributed by atoms with Crippen molar-refractivity contribution < 1.29 is 14.2 Å². The molecule has 0 N–H and O–H groups in total. The van der Waals surface area contributed by atoms with Gasteiger partial charge in [0.25, 0.3) is 0 Å². The van der Waals surface area contributed by atoms with Crippen molar-refractivity contribution in [2.75, 3.05) is 26.4 Å². The van der Waals surface area contributed by atoms with Crippen LogP contribution in [-0.4, -0.2) is 46.5 Å². The molecular weight excluding hydrogens is 1050 g/mol. The van der Waals surface area contributed by atoms with Crippen molar-refractivity contribution in [1.29, 1.82) is 0 Å². The van der Waals surface area contributed by atoms with Gasteiger partial charge in [0.05, 0.1) is 25.4 Å². The number of rotatable bonds is 22. The Labute approximate surface area is 441 Å². The molecule has 384 valence electrons. The van der Waals surface area contributed by atoms with Crippen molar-refractivity contribution >= 4 is 45.2 Å². The minimum absolute atomic E-state index is 0.404. The summed E-state index contributed by atoms with van der Waals surface area (Å²) in [7, 11) is 0. The van der Waals surface area contributed by atoms with Crippen molar-refractivity contribution in [2.24, 2.45) is 92.7 Å². The van der Waals surface area contributed by atoms with Crippen LogP contribution in [-0.2, 0) is 14.2 Å². The highest BCUT2D eigenvalue weighted by Crippen LogP contribution is 2.69. The lowest BCUT2D eigenvalue weighted by molar-refractivity contribution is -0.0643. The number of fused-ring (bicyclic) bond motifs is 10. The fourth-order valence-electron chi connectivity index (χ4n) is 18.8. The molecule has 6 saturated carbocycles. The van der Waals surface area contributed by atoms with Gasteiger partial charge in [-0.3, -0.25) is 0 Å². The molecular formula is C62H104I2O3. The maximum absolute atomic E-state index is 6.68. The summed E-state index contributed by atoms with van der Waals surface area (Å²) >= 11 is 5.23. The van der Waals surface area contributed by atoms with Crippen LogP contribution in [0.1, 0.15) is 223 Å². The second kappa shape index (κ2) is 23.2. The van der Waals surface area contributed by atoms with Gasteiger partial charge in [-0.15, -0.1) is 0 Å². The van der Waals surface area contributed by atoms with Gasteiger partial charge in [-0.1, -0.05) is 176 Å². The van der Waals surface area contributed by atoms with E-state index in [1.807, 2.05) is 0 Å².